The zero-order valence-electron chi connectivity index (χ0n) is 10.5. The fraction of sp³-hybridized carbons (Fsp3) is 0.538. The summed E-state index contributed by atoms with van der Waals surface area (Å²) in [6.45, 7) is 3.08. The van der Waals surface area contributed by atoms with Gasteiger partial charge in [0.05, 0.1) is 6.10 Å². The number of ether oxygens (including phenoxy) is 1. The van der Waals surface area contributed by atoms with Gasteiger partial charge in [-0.2, -0.15) is 0 Å². The van der Waals surface area contributed by atoms with Crippen LogP contribution in [0, 0.1) is 0 Å². The topological polar surface area (TPSA) is 61.7 Å². The van der Waals surface area contributed by atoms with Gasteiger partial charge in [0.25, 0.3) is 0 Å². The predicted molar refractivity (Wildman–Crippen MR) is 72.1 cm³/mol. The molecule has 0 amide bonds. The minimum absolute atomic E-state index is 0.226. The third-order valence-electron chi connectivity index (χ3n) is 2.37. The molecule has 0 radical (unpaired) electrons. The highest BCUT2D eigenvalue weighted by Crippen LogP contribution is 2.15. The molecule has 18 heavy (non-hydrogen) atoms. The fourth-order valence-electron chi connectivity index (χ4n) is 1.36. The van der Waals surface area contributed by atoms with Crippen molar-refractivity contribution in [2.24, 2.45) is 0 Å². The van der Waals surface area contributed by atoms with Gasteiger partial charge in [-0.1, -0.05) is 11.6 Å². The first-order chi connectivity index (χ1) is 8.58. The number of aliphatic hydroxyl groups is 2. The van der Waals surface area contributed by atoms with Crippen LogP contribution in [-0.4, -0.2) is 42.1 Å². The summed E-state index contributed by atoms with van der Waals surface area (Å²) in [7, 11) is 0. The summed E-state index contributed by atoms with van der Waals surface area (Å²) in [4.78, 5) is 0. The highest BCUT2D eigenvalue weighted by molar-refractivity contribution is 6.30. The van der Waals surface area contributed by atoms with Crippen LogP contribution in [-0.2, 0) is 0 Å². The predicted octanol–water partition coefficient (Wildman–Crippen LogP) is 1.44. The van der Waals surface area contributed by atoms with E-state index in [1.165, 1.54) is 0 Å². The highest BCUT2D eigenvalue weighted by atomic mass is 35.5. The Morgan fingerprint density at radius 2 is 1.94 bits per heavy atom. The molecule has 0 spiro atoms. The van der Waals surface area contributed by atoms with Crippen molar-refractivity contribution in [3.8, 4) is 5.75 Å². The Kier molecular flexibility index (Phi) is 7.05. The molecule has 1 aromatic carbocycles. The van der Waals surface area contributed by atoms with E-state index in [-0.39, 0.29) is 12.7 Å². The highest BCUT2D eigenvalue weighted by Gasteiger charge is 2.05. The van der Waals surface area contributed by atoms with Crippen LogP contribution < -0.4 is 10.1 Å². The number of hydrogen-bond acceptors (Lipinski definition) is 4. The summed E-state index contributed by atoms with van der Waals surface area (Å²) in [5.41, 5.74) is 0. The fourth-order valence-corrected chi connectivity index (χ4v) is 1.49. The van der Waals surface area contributed by atoms with Gasteiger partial charge in [0.2, 0.25) is 0 Å². The smallest absolute Gasteiger partial charge is 0.119 e. The van der Waals surface area contributed by atoms with Gasteiger partial charge in [-0.15, -0.1) is 0 Å². The largest absolute Gasteiger partial charge is 0.491 e. The summed E-state index contributed by atoms with van der Waals surface area (Å²) >= 11 is 5.75. The van der Waals surface area contributed by atoms with Crippen LogP contribution in [0.5, 0.6) is 5.75 Å². The van der Waals surface area contributed by atoms with Crippen molar-refractivity contribution >= 4 is 11.6 Å². The van der Waals surface area contributed by atoms with Crippen molar-refractivity contribution in [2.45, 2.75) is 25.6 Å². The van der Waals surface area contributed by atoms with E-state index in [0.717, 1.165) is 0 Å². The van der Waals surface area contributed by atoms with Crippen LogP contribution in [0.1, 0.15) is 13.3 Å². The molecule has 0 saturated heterocycles. The van der Waals surface area contributed by atoms with Crippen LogP contribution in [0.4, 0.5) is 0 Å². The molecule has 102 valence electrons. The Morgan fingerprint density at radius 1 is 1.28 bits per heavy atom. The van der Waals surface area contributed by atoms with Gasteiger partial charge in [0.1, 0.15) is 18.5 Å². The van der Waals surface area contributed by atoms with E-state index >= 15 is 0 Å². The molecule has 5 heteroatoms. The third-order valence-corrected chi connectivity index (χ3v) is 2.63. The second-order valence-corrected chi connectivity index (χ2v) is 4.70. The van der Waals surface area contributed by atoms with Gasteiger partial charge in [-0.05, 0) is 44.2 Å². The first-order valence-corrected chi connectivity index (χ1v) is 6.41. The molecular weight excluding hydrogens is 254 g/mol. The van der Waals surface area contributed by atoms with Crippen molar-refractivity contribution in [2.75, 3.05) is 19.7 Å². The Morgan fingerprint density at radius 3 is 2.56 bits per heavy atom. The summed E-state index contributed by atoms with van der Waals surface area (Å²) < 4.78 is 5.40. The van der Waals surface area contributed by atoms with Gasteiger partial charge in [0.15, 0.2) is 0 Å². The zero-order valence-corrected chi connectivity index (χ0v) is 11.2. The van der Waals surface area contributed by atoms with Crippen LogP contribution in [0.3, 0.4) is 0 Å². The maximum absolute atomic E-state index is 9.65. The van der Waals surface area contributed by atoms with Gasteiger partial charge in [-0.25, -0.2) is 0 Å². The van der Waals surface area contributed by atoms with Crippen LogP contribution in [0.15, 0.2) is 24.3 Å². The molecule has 2 atom stereocenters. The third kappa shape index (κ3) is 6.81. The van der Waals surface area contributed by atoms with Crippen molar-refractivity contribution in [3.05, 3.63) is 29.3 Å². The van der Waals surface area contributed by atoms with Crippen molar-refractivity contribution in [1.82, 2.24) is 5.32 Å². The molecule has 0 aromatic heterocycles. The Hall–Kier alpha value is -0.810. The lowest BCUT2D eigenvalue weighted by Crippen LogP contribution is -2.32. The molecule has 0 bridgehead atoms. The number of aliphatic hydroxyl groups excluding tert-OH is 2. The second kappa shape index (κ2) is 8.32. The average molecular weight is 274 g/mol. The van der Waals surface area contributed by atoms with E-state index in [2.05, 4.69) is 5.32 Å². The molecular formula is C13H20ClNO3. The molecule has 4 nitrogen and oxygen atoms in total. The zero-order chi connectivity index (χ0) is 13.4. The lowest BCUT2D eigenvalue weighted by molar-refractivity contribution is 0.104. The molecule has 0 saturated carbocycles. The minimum atomic E-state index is -0.574. The van der Waals surface area contributed by atoms with Gasteiger partial charge in [-0.3, -0.25) is 0 Å². The number of nitrogens with one attached hydrogen (secondary N) is 1. The Bertz CT molecular complexity index is 330. The van der Waals surface area contributed by atoms with Crippen molar-refractivity contribution in [3.63, 3.8) is 0 Å². The van der Waals surface area contributed by atoms with Crippen LogP contribution in [0.25, 0.3) is 0 Å². The van der Waals surface area contributed by atoms with Crippen LogP contribution in [0.2, 0.25) is 5.02 Å². The number of rotatable bonds is 8. The van der Waals surface area contributed by atoms with Gasteiger partial charge < -0.3 is 20.3 Å². The maximum Gasteiger partial charge on any atom is 0.119 e. The second-order valence-electron chi connectivity index (χ2n) is 4.26. The van der Waals surface area contributed by atoms with Crippen LogP contribution >= 0.6 is 11.6 Å². The van der Waals surface area contributed by atoms with E-state index < -0.39 is 6.10 Å². The molecule has 3 N–H and O–H groups in total. The minimum Gasteiger partial charge on any atom is -0.491 e. The molecule has 0 aliphatic heterocycles. The maximum atomic E-state index is 9.65. The SMILES string of the molecule is CC(O)CCNCC(O)COc1ccc(Cl)cc1. The Labute approximate surface area is 113 Å². The lowest BCUT2D eigenvalue weighted by Gasteiger charge is -2.13. The van der Waals surface area contributed by atoms with Gasteiger partial charge in [0, 0.05) is 11.6 Å². The molecule has 0 heterocycles. The Balaban J connectivity index is 2.13. The summed E-state index contributed by atoms with van der Waals surface area (Å²) in [5, 5.41) is 22.4. The summed E-state index contributed by atoms with van der Waals surface area (Å²) in [6, 6.07) is 7.00. The van der Waals surface area contributed by atoms with E-state index in [9.17, 15) is 5.11 Å². The van der Waals surface area contributed by atoms with E-state index in [1.807, 2.05) is 0 Å². The molecule has 0 aliphatic carbocycles. The average Bonchev–Trinajstić information content (AvgIpc) is 2.34. The first kappa shape index (κ1) is 15.2. The normalized spacial score (nSPS) is 14.2. The summed E-state index contributed by atoms with van der Waals surface area (Å²) in [5.74, 6) is 0.683. The van der Waals surface area contributed by atoms with Crippen molar-refractivity contribution in [1.29, 1.82) is 0 Å². The molecule has 0 aliphatic rings. The lowest BCUT2D eigenvalue weighted by atomic mass is 10.3. The standard InChI is InChI=1S/C13H20ClNO3/c1-10(16)6-7-15-8-12(17)9-18-13-4-2-11(14)3-5-13/h2-5,10,12,15-17H,6-9H2,1H3. The molecule has 1 aromatic rings. The van der Waals surface area contributed by atoms with E-state index in [0.29, 0.717) is 30.3 Å². The van der Waals surface area contributed by atoms with E-state index in [1.54, 1.807) is 31.2 Å². The van der Waals surface area contributed by atoms with Gasteiger partial charge >= 0.3 is 0 Å². The summed E-state index contributed by atoms with van der Waals surface area (Å²) in [6.07, 6.45) is -0.222. The quantitative estimate of drug-likeness (QED) is 0.627. The number of hydrogen-bond donors (Lipinski definition) is 3. The first-order valence-electron chi connectivity index (χ1n) is 6.03. The number of benzene rings is 1. The van der Waals surface area contributed by atoms with Crippen molar-refractivity contribution < 1.29 is 14.9 Å². The van der Waals surface area contributed by atoms with E-state index in [4.69, 9.17) is 21.4 Å². The molecule has 1 rings (SSSR count). The molecule has 2 unspecified atom stereocenters. The number of halogens is 1. The molecule has 0 fully saturated rings. The monoisotopic (exact) mass is 273 g/mol.